The number of aliphatic imine (C=N–C) groups is 2. The van der Waals surface area contributed by atoms with Crippen LogP contribution in [0, 0.1) is 0 Å². The predicted octanol–water partition coefficient (Wildman–Crippen LogP) is 4.16. The standard InChI is InChI=1S/C22H27N5/c1-3-16(2)27-22(19-9-5-7-11-21(19)26-15-23)24-13-12-17-14-25-20-10-6-4-8-18(17)20/h4-11,14-16,25H,3,12-13H2,1-2H3,(H2,23,26)(H,24,27). The fourth-order valence-electron chi connectivity index (χ4n) is 3.04. The van der Waals surface area contributed by atoms with Gasteiger partial charge >= 0.3 is 0 Å². The first-order valence-electron chi connectivity index (χ1n) is 9.42. The van der Waals surface area contributed by atoms with E-state index in [2.05, 4.69) is 53.5 Å². The molecule has 0 amide bonds. The van der Waals surface area contributed by atoms with Gasteiger partial charge in [0.05, 0.1) is 12.0 Å². The van der Waals surface area contributed by atoms with Crippen LogP contribution in [0.4, 0.5) is 5.69 Å². The summed E-state index contributed by atoms with van der Waals surface area (Å²) >= 11 is 0. The maximum absolute atomic E-state index is 5.52. The first-order chi connectivity index (χ1) is 13.2. The Morgan fingerprint density at radius 1 is 1.19 bits per heavy atom. The Hall–Kier alpha value is -3.08. The van der Waals surface area contributed by atoms with Gasteiger partial charge in [0, 0.05) is 35.2 Å². The zero-order valence-electron chi connectivity index (χ0n) is 15.9. The minimum atomic E-state index is 0.326. The van der Waals surface area contributed by atoms with Crippen LogP contribution in [0.15, 0.2) is 64.7 Å². The Bertz CT molecular complexity index is 939. The predicted molar refractivity (Wildman–Crippen MR) is 115 cm³/mol. The first kappa shape index (κ1) is 18.7. The van der Waals surface area contributed by atoms with Crippen molar-refractivity contribution in [3.63, 3.8) is 0 Å². The number of nitrogens with two attached hydrogens (primary N) is 1. The average Bonchev–Trinajstić information content (AvgIpc) is 3.11. The van der Waals surface area contributed by atoms with Crippen LogP contribution in [0.1, 0.15) is 31.4 Å². The lowest BCUT2D eigenvalue weighted by molar-refractivity contribution is 0.640. The molecule has 0 fully saturated rings. The van der Waals surface area contributed by atoms with E-state index in [0.717, 1.165) is 35.4 Å². The highest BCUT2D eigenvalue weighted by Crippen LogP contribution is 2.20. The van der Waals surface area contributed by atoms with E-state index >= 15 is 0 Å². The van der Waals surface area contributed by atoms with Crippen LogP contribution in [0.25, 0.3) is 10.9 Å². The zero-order chi connectivity index (χ0) is 19.1. The summed E-state index contributed by atoms with van der Waals surface area (Å²) in [4.78, 5) is 12.5. The van der Waals surface area contributed by atoms with E-state index in [1.807, 2.05) is 30.3 Å². The molecule has 1 atom stereocenters. The van der Waals surface area contributed by atoms with E-state index < -0.39 is 0 Å². The van der Waals surface area contributed by atoms with Crippen LogP contribution in [0.5, 0.6) is 0 Å². The number of nitrogens with zero attached hydrogens (tertiary/aromatic N) is 2. The van der Waals surface area contributed by atoms with Crippen LogP contribution >= 0.6 is 0 Å². The molecular weight excluding hydrogens is 334 g/mol. The lowest BCUT2D eigenvalue weighted by Crippen LogP contribution is -2.33. The fraction of sp³-hybridized carbons (Fsp3) is 0.273. The SMILES string of the molecule is CCC(C)NC(=NCCc1c[nH]c2ccccc12)c1ccccc1N=CN. The highest BCUT2D eigenvalue weighted by molar-refractivity contribution is 6.03. The zero-order valence-corrected chi connectivity index (χ0v) is 15.9. The summed E-state index contributed by atoms with van der Waals surface area (Å²) in [6.07, 6.45) is 5.29. The van der Waals surface area contributed by atoms with Crippen molar-refractivity contribution in [3.8, 4) is 0 Å². The van der Waals surface area contributed by atoms with Crippen LogP contribution in [0.2, 0.25) is 0 Å². The molecule has 3 aromatic rings. The van der Waals surface area contributed by atoms with Crippen molar-refractivity contribution in [1.29, 1.82) is 0 Å². The molecule has 140 valence electrons. The number of H-pyrrole nitrogens is 1. The third-order valence-corrected chi connectivity index (χ3v) is 4.69. The van der Waals surface area contributed by atoms with Crippen molar-refractivity contribution in [2.45, 2.75) is 32.7 Å². The summed E-state index contributed by atoms with van der Waals surface area (Å²) in [7, 11) is 0. The molecule has 0 aliphatic rings. The average molecular weight is 361 g/mol. The highest BCUT2D eigenvalue weighted by Gasteiger charge is 2.11. The van der Waals surface area contributed by atoms with Gasteiger partial charge in [0.15, 0.2) is 0 Å². The molecule has 3 rings (SSSR count). The van der Waals surface area contributed by atoms with E-state index in [4.69, 9.17) is 10.7 Å². The minimum absolute atomic E-state index is 0.326. The fourth-order valence-corrected chi connectivity index (χ4v) is 3.04. The van der Waals surface area contributed by atoms with Gasteiger partial charge < -0.3 is 16.0 Å². The lowest BCUT2D eigenvalue weighted by atomic mass is 10.1. The van der Waals surface area contributed by atoms with Gasteiger partial charge in [-0.1, -0.05) is 37.3 Å². The Balaban J connectivity index is 1.84. The molecule has 4 N–H and O–H groups in total. The molecule has 0 saturated heterocycles. The number of nitrogens with one attached hydrogen (secondary N) is 2. The molecule has 1 heterocycles. The first-order valence-corrected chi connectivity index (χ1v) is 9.42. The Labute approximate surface area is 160 Å². The number of amidine groups is 1. The maximum Gasteiger partial charge on any atom is 0.130 e. The molecule has 27 heavy (non-hydrogen) atoms. The van der Waals surface area contributed by atoms with Crippen molar-refractivity contribution in [2.75, 3.05) is 6.54 Å². The van der Waals surface area contributed by atoms with Gasteiger partial charge in [-0.3, -0.25) is 4.99 Å². The number of benzene rings is 2. The van der Waals surface area contributed by atoms with Crippen molar-refractivity contribution in [3.05, 3.63) is 65.9 Å². The van der Waals surface area contributed by atoms with Crippen LogP contribution < -0.4 is 11.1 Å². The van der Waals surface area contributed by atoms with E-state index in [1.165, 1.54) is 17.3 Å². The Morgan fingerprint density at radius 3 is 2.78 bits per heavy atom. The number of hydrogen-bond acceptors (Lipinski definition) is 2. The number of aromatic nitrogens is 1. The molecule has 0 spiro atoms. The largest absolute Gasteiger partial charge is 0.390 e. The molecular formula is C22H27N5. The van der Waals surface area contributed by atoms with Crippen molar-refractivity contribution < 1.29 is 0 Å². The van der Waals surface area contributed by atoms with Crippen molar-refractivity contribution in [2.24, 2.45) is 15.7 Å². The summed E-state index contributed by atoms with van der Waals surface area (Å²) in [5, 5.41) is 4.79. The highest BCUT2D eigenvalue weighted by atomic mass is 15.0. The van der Waals surface area contributed by atoms with Crippen LogP contribution in [0.3, 0.4) is 0 Å². The lowest BCUT2D eigenvalue weighted by Gasteiger charge is -2.17. The monoisotopic (exact) mass is 361 g/mol. The summed E-state index contributed by atoms with van der Waals surface area (Å²) in [5.74, 6) is 0.866. The van der Waals surface area contributed by atoms with Crippen LogP contribution in [-0.4, -0.2) is 29.7 Å². The topological polar surface area (TPSA) is 78.6 Å². The smallest absolute Gasteiger partial charge is 0.130 e. The van der Waals surface area contributed by atoms with Gasteiger partial charge in [-0.2, -0.15) is 0 Å². The molecule has 1 unspecified atom stereocenters. The Kier molecular flexibility index (Phi) is 6.26. The van der Waals surface area contributed by atoms with E-state index in [-0.39, 0.29) is 0 Å². The van der Waals surface area contributed by atoms with Gasteiger partial charge in [0.25, 0.3) is 0 Å². The summed E-state index contributed by atoms with van der Waals surface area (Å²) in [6.45, 7) is 5.01. The normalized spacial score (nSPS) is 13.3. The molecule has 5 heteroatoms. The summed E-state index contributed by atoms with van der Waals surface area (Å²) < 4.78 is 0. The Morgan fingerprint density at radius 2 is 1.96 bits per heavy atom. The number of hydrogen-bond donors (Lipinski definition) is 3. The molecule has 0 radical (unpaired) electrons. The number of rotatable bonds is 7. The number of fused-ring (bicyclic) bond motifs is 1. The summed E-state index contributed by atoms with van der Waals surface area (Å²) in [5.41, 5.74) is 9.76. The molecule has 1 aromatic heterocycles. The van der Waals surface area contributed by atoms with Crippen molar-refractivity contribution in [1.82, 2.24) is 10.3 Å². The molecule has 0 saturated carbocycles. The van der Waals surface area contributed by atoms with E-state index in [0.29, 0.717) is 12.6 Å². The molecule has 0 aliphatic carbocycles. The van der Waals surface area contributed by atoms with Gasteiger partial charge in [0.1, 0.15) is 5.84 Å². The second-order valence-corrected chi connectivity index (χ2v) is 6.59. The second kappa shape index (κ2) is 9.03. The van der Waals surface area contributed by atoms with Gasteiger partial charge in [-0.15, -0.1) is 0 Å². The third-order valence-electron chi connectivity index (χ3n) is 4.69. The van der Waals surface area contributed by atoms with E-state index in [9.17, 15) is 0 Å². The molecule has 0 aliphatic heterocycles. The van der Waals surface area contributed by atoms with E-state index in [1.54, 1.807) is 0 Å². The van der Waals surface area contributed by atoms with Gasteiger partial charge in [-0.05, 0) is 43.5 Å². The minimum Gasteiger partial charge on any atom is -0.390 e. The third kappa shape index (κ3) is 4.56. The van der Waals surface area contributed by atoms with Gasteiger partial charge in [-0.25, -0.2) is 4.99 Å². The maximum atomic E-state index is 5.52. The molecule has 5 nitrogen and oxygen atoms in total. The quantitative estimate of drug-likeness (QED) is 0.436. The van der Waals surface area contributed by atoms with Crippen molar-refractivity contribution >= 4 is 28.8 Å². The molecule has 0 bridgehead atoms. The number of aromatic amines is 1. The van der Waals surface area contributed by atoms with Crippen LogP contribution in [-0.2, 0) is 6.42 Å². The summed E-state index contributed by atoms with van der Waals surface area (Å²) in [6, 6.07) is 16.6. The van der Waals surface area contributed by atoms with Gasteiger partial charge in [0.2, 0.25) is 0 Å². The molecule has 2 aromatic carbocycles. The second-order valence-electron chi connectivity index (χ2n) is 6.59. The number of para-hydroxylation sites is 2.